The lowest BCUT2D eigenvalue weighted by atomic mass is 10.1. The van der Waals surface area contributed by atoms with Crippen LogP contribution in [0.4, 0.5) is 0 Å². The first-order chi connectivity index (χ1) is 7.61. The van der Waals surface area contributed by atoms with Crippen LogP contribution in [0.25, 0.3) is 0 Å². The third-order valence-corrected chi connectivity index (χ3v) is 2.66. The number of nitrogens with one attached hydrogen (secondary N) is 1. The zero-order valence-corrected chi connectivity index (χ0v) is 9.57. The van der Waals surface area contributed by atoms with Crippen LogP contribution in [0.2, 0.25) is 0 Å². The van der Waals surface area contributed by atoms with Crippen molar-refractivity contribution in [2.75, 3.05) is 33.3 Å². The molecule has 0 atom stereocenters. The molecule has 6 nitrogen and oxygen atoms in total. The molecular weight excluding hydrogens is 210 g/mol. The van der Waals surface area contributed by atoms with E-state index in [9.17, 15) is 9.59 Å². The summed E-state index contributed by atoms with van der Waals surface area (Å²) in [5.41, 5.74) is 5.76. The highest BCUT2D eigenvalue weighted by Gasteiger charge is 2.18. The number of hydrogen-bond acceptors (Lipinski definition) is 5. The van der Waals surface area contributed by atoms with Crippen LogP contribution in [0.5, 0.6) is 0 Å². The molecule has 1 saturated heterocycles. The van der Waals surface area contributed by atoms with Crippen LogP contribution in [0.15, 0.2) is 0 Å². The van der Waals surface area contributed by atoms with Crippen molar-refractivity contribution in [3.8, 4) is 0 Å². The Morgan fingerprint density at radius 3 is 2.62 bits per heavy atom. The van der Waals surface area contributed by atoms with Gasteiger partial charge in [-0.2, -0.15) is 0 Å². The number of esters is 1. The summed E-state index contributed by atoms with van der Waals surface area (Å²) < 4.78 is 4.42. The van der Waals surface area contributed by atoms with Crippen LogP contribution in [-0.2, 0) is 14.3 Å². The smallest absolute Gasteiger partial charge is 0.325 e. The van der Waals surface area contributed by atoms with Crippen LogP contribution in [0.1, 0.15) is 12.8 Å². The standard InChI is InChI=1S/C10H19N3O3/c1-16-10(15)6-12-9(14)7-13-4-2-8(11)3-5-13/h8H,2-7,11H2,1H3,(H,12,14). The van der Waals surface area contributed by atoms with E-state index in [-0.39, 0.29) is 18.5 Å². The van der Waals surface area contributed by atoms with Crippen molar-refractivity contribution in [2.45, 2.75) is 18.9 Å². The largest absolute Gasteiger partial charge is 0.468 e. The van der Waals surface area contributed by atoms with E-state index in [1.54, 1.807) is 0 Å². The number of nitrogens with two attached hydrogens (primary N) is 1. The lowest BCUT2D eigenvalue weighted by Gasteiger charge is -2.29. The maximum absolute atomic E-state index is 11.4. The third kappa shape index (κ3) is 4.59. The van der Waals surface area contributed by atoms with Gasteiger partial charge in [0.15, 0.2) is 0 Å². The van der Waals surface area contributed by atoms with Crippen molar-refractivity contribution in [3.63, 3.8) is 0 Å². The topological polar surface area (TPSA) is 84.7 Å². The molecule has 0 aromatic rings. The molecule has 1 heterocycles. The van der Waals surface area contributed by atoms with Gasteiger partial charge in [-0.25, -0.2) is 0 Å². The van der Waals surface area contributed by atoms with Crippen molar-refractivity contribution >= 4 is 11.9 Å². The minimum atomic E-state index is -0.436. The van der Waals surface area contributed by atoms with E-state index in [0.29, 0.717) is 6.54 Å². The lowest BCUT2D eigenvalue weighted by Crippen LogP contribution is -2.45. The highest BCUT2D eigenvalue weighted by atomic mass is 16.5. The maximum atomic E-state index is 11.4. The molecule has 0 bridgehead atoms. The number of carbonyl (C=O) groups excluding carboxylic acids is 2. The molecule has 1 fully saturated rings. The summed E-state index contributed by atoms with van der Waals surface area (Å²) in [7, 11) is 1.29. The van der Waals surface area contributed by atoms with Gasteiger partial charge in [-0.05, 0) is 12.8 Å². The van der Waals surface area contributed by atoms with Gasteiger partial charge in [0.1, 0.15) is 6.54 Å². The number of nitrogens with zero attached hydrogens (tertiary/aromatic N) is 1. The Hall–Kier alpha value is -1.14. The summed E-state index contributed by atoms with van der Waals surface area (Å²) in [6, 6.07) is 0.259. The Morgan fingerprint density at radius 2 is 2.06 bits per heavy atom. The third-order valence-electron chi connectivity index (χ3n) is 2.66. The molecule has 3 N–H and O–H groups in total. The first-order valence-electron chi connectivity index (χ1n) is 5.43. The second-order valence-corrected chi connectivity index (χ2v) is 3.97. The molecule has 0 aromatic heterocycles. The van der Waals surface area contributed by atoms with E-state index in [1.165, 1.54) is 7.11 Å². The Labute approximate surface area is 95.1 Å². The van der Waals surface area contributed by atoms with Gasteiger partial charge in [0.2, 0.25) is 5.91 Å². The molecule has 16 heavy (non-hydrogen) atoms. The molecule has 0 radical (unpaired) electrons. The number of rotatable bonds is 4. The van der Waals surface area contributed by atoms with Gasteiger partial charge < -0.3 is 15.8 Å². The minimum Gasteiger partial charge on any atom is -0.468 e. The molecule has 1 amide bonds. The number of ether oxygens (including phenoxy) is 1. The number of carbonyl (C=O) groups is 2. The fraction of sp³-hybridized carbons (Fsp3) is 0.800. The molecular formula is C10H19N3O3. The summed E-state index contributed by atoms with van der Waals surface area (Å²) in [5, 5.41) is 2.51. The van der Waals surface area contributed by atoms with Crippen molar-refractivity contribution in [1.82, 2.24) is 10.2 Å². The van der Waals surface area contributed by atoms with Crippen LogP contribution < -0.4 is 11.1 Å². The van der Waals surface area contributed by atoms with Gasteiger partial charge in [0, 0.05) is 19.1 Å². The van der Waals surface area contributed by atoms with E-state index in [4.69, 9.17) is 5.73 Å². The van der Waals surface area contributed by atoms with Gasteiger partial charge in [-0.15, -0.1) is 0 Å². The molecule has 1 aliphatic rings. The SMILES string of the molecule is COC(=O)CNC(=O)CN1CCC(N)CC1. The maximum Gasteiger partial charge on any atom is 0.325 e. The minimum absolute atomic E-state index is 0.0668. The first-order valence-corrected chi connectivity index (χ1v) is 5.43. The molecule has 0 spiro atoms. The summed E-state index contributed by atoms with van der Waals surface area (Å²) >= 11 is 0. The fourth-order valence-corrected chi connectivity index (χ4v) is 1.61. The second-order valence-electron chi connectivity index (χ2n) is 3.97. The fourth-order valence-electron chi connectivity index (χ4n) is 1.61. The van der Waals surface area contributed by atoms with Crippen molar-refractivity contribution < 1.29 is 14.3 Å². The molecule has 92 valence electrons. The zero-order chi connectivity index (χ0) is 12.0. The average Bonchev–Trinajstić information content (AvgIpc) is 2.29. The molecule has 1 aliphatic heterocycles. The molecule has 0 aromatic carbocycles. The van der Waals surface area contributed by atoms with Crippen molar-refractivity contribution in [1.29, 1.82) is 0 Å². The Bertz CT molecular complexity index is 250. The lowest BCUT2D eigenvalue weighted by molar-refractivity contribution is -0.141. The van der Waals surface area contributed by atoms with E-state index >= 15 is 0 Å². The normalized spacial score (nSPS) is 18.1. The molecule has 1 rings (SSSR count). The summed E-state index contributed by atoms with van der Waals surface area (Å²) in [6.07, 6.45) is 1.84. The Balaban J connectivity index is 2.16. The number of methoxy groups -OCH3 is 1. The zero-order valence-electron chi connectivity index (χ0n) is 9.57. The van der Waals surface area contributed by atoms with Crippen LogP contribution in [-0.4, -0.2) is 56.1 Å². The van der Waals surface area contributed by atoms with Crippen LogP contribution >= 0.6 is 0 Å². The van der Waals surface area contributed by atoms with Crippen molar-refractivity contribution in [2.24, 2.45) is 5.73 Å². The second kappa shape index (κ2) is 6.44. The number of hydrogen-bond donors (Lipinski definition) is 2. The quantitative estimate of drug-likeness (QED) is 0.585. The van der Waals surface area contributed by atoms with E-state index in [0.717, 1.165) is 25.9 Å². The average molecular weight is 229 g/mol. The van der Waals surface area contributed by atoms with Crippen LogP contribution in [0.3, 0.4) is 0 Å². The Morgan fingerprint density at radius 1 is 1.44 bits per heavy atom. The number of likely N-dealkylation sites (tertiary alicyclic amines) is 1. The van der Waals surface area contributed by atoms with Gasteiger partial charge in [0.25, 0.3) is 0 Å². The van der Waals surface area contributed by atoms with Gasteiger partial charge in [-0.3, -0.25) is 14.5 Å². The first kappa shape index (κ1) is 12.9. The van der Waals surface area contributed by atoms with E-state index in [1.807, 2.05) is 4.90 Å². The monoisotopic (exact) mass is 229 g/mol. The molecule has 6 heteroatoms. The Kier molecular flexibility index (Phi) is 5.21. The summed E-state index contributed by atoms with van der Waals surface area (Å²) in [6.45, 7) is 1.94. The molecule has 0 aliphatic carbocycles. The predicted octanol–water partition coefficient (Wildman–Crippen LogP) is -1.30. The highest BCUT2D eigenvalue weighted by Crippen LogP contribution is 2.06. The van der Waals surface area contributed by atoms with Gasteiger partial charge in [-0.1, -0.05) is 0 Å². The van der Waals surface area contributed by atoms with Gasteiger partial charge in [0.05, 0.1) is 13.7 Å². The van der Waals surface area contributed by atoms with E-state index < -0.39 is 5.97 Å². The summed E-state index contributed by atoms with van der Waals surface area (Å²) in [4.78, 5) is 24.2. The van der Waals surface area contributed by atoms with Gasteiger partial charge >= 0.3 is 5.97 Å². The molecule has 0 unspecified atom stereocenters. The van der Waals surface area contributed by atoms with E-state index in [2.05, 4.69) is 10.1 Å². The van der Waals surface area contributed by atoms with Crippen LogP contribution in [0, 0.1) is 0 Å². The number of amides is 1. The highest BCUT2D eigenvalue weighted by molar-refractivity contribution is 5.83. The van der Waals surface area contributed by atoms with Crippen molar-refractivity contribution in [3.05, 3.63) is 0 Å². The summed E-state index contributed by atoms with van der Waals surface area (Å²) in [5.74, 6) is -0.588. The predicted molar refractivity (Wildman–Crippen MR) is 58.7 cm³/mol. The number of piperidine rings is 1. The molecule has 0 saturated carbocycles.